The summed E-state index contributed by atoms with van der Waals surface area (Å²) in [5.41, 5.74) is 1.26. The number of rotatable bonds is 6. The number of nitrogens with one attached hydrogen (secondary N) is 2. The minimum atomic E-state index is -0.237. The Balaban J connectivity index is 2.65. The van der Waals surface area contributed by atoms with Gasteiger partial charge in [0.2, 0.25) is 0 Å². The van der Waals surface area contributed by atoms with E-state index in [1.54, 1.807) is 20.3 Å². The average Bonchev–Trinajstić information content (AvgIpc) is 2.52. The van der Waals surface area contributed by atoms with Gasteiger partial charge in [0.05, 0.1) is 19.9 Å². The lowest BCUT2D eigenvalue weighted by Gasteiger charge is -2.16. The second-order valence-corrected chi connectivity index (χ2v) is 5.03. The summed E-state index contributed by atoms with van der Waals surface area (Å²) < 4.78 is 12.9. The highest BCUT2D eigenvalue weighted by Crippen LogP contribution is 2.32. The summed E-state index contributed by atoms with van der Waals surface area (Å²) in [7, 11) is 5.04. The Labute approximate surface area is 133 Å². The van der Waals surface area contributed by atoms with Crippen LogP contribution >= 0.6 is 12.2 Å². The van der Waals surface area contributed by atoms with Gasteiger partial charge in [0, 0.05) is 30.8 Å². The van der Waals surface area contributed by atoms with Gasteiger partial charge in [-0.2, -0.15) is 0 Å². The monoisotopic (exact) mass is 321 g/mol. The normalized spacial score (nSPS) is 10.5. The van der Waals surface area contributed by atoms with Crippen molar-refractivity contribution < 1.29 is 9.47 Å². The van der Waals surface area contributed by atoms with Crippen molar-refractivity contribution in [1.82, 2.24) is 14.9 Å². The van der Waals surface area contributed by atoms with Crippen LogP contribution < -0.4 is 20.3 Å². The lowest BCUT2D eigenvalue weighted by molar-refractivity contribution is 0.395. The minimum absolute atomic E-state index is 0.237. The number of aromatic nitrogens is 2. The molecule has 0 aliphatic heterocycles. The van der Waals surface area contributed by atoms with Crippen LogP contribution in [0.25, 0.3) is 11.3 Å². The van der Waals surface area contributed by atoms with E-state index >= 15 is 0 Å². The van der Waals surface area contributed by atoms with Gasteiger partial charge < -0.3 is 19.4 Å². The molecular formula is C15H19N3O3S. The Bertz CT molecular complexity index is 767. The van der Waals surface area contributed by atoms with E-state index in [2.05, 4.69) is 10.3 Å². The predicted octanol–water partition coefficient (Wildman–Crippen LogP) is 1.81. The standard InChI is InChI=1S/C15H19N3O3S/c1-16-6-7-18-12(9-14(19)17-15(18)22)11-5-4-10(20-2)8-13(11)21-3/h4-5,8-9,16H,6-7H2,1-3H3,(H,17,19,22). The fourth-order valence-corrected chi connectivity index (χ4v) is 2.49. The third-order valence-corrected chi connectivity index (χ3v) is 3.63. The Morgan fingerprint density at radius 3 is 2.68 bits per heavy atom. The number of benzene rings is 1. The Hall–Kier alpha value is -2.12. The molecule has 2 N–H and O–H groups in total. The number of hydrogen-bond acceptors (Lipinski definition) is 5. The first-order chi connectivity index (χ1) is 10.6. The largest absolute Gasteiger partial charge is 0.497 e. The molecule has 0 aliphatic rings. The maximum Gasteiger partial charge on any atom is 0.252 e. The molecule has 6 nitrogen and oxygen atoms in total. The van der Waals surface area contributed by atoms with Gasteiger partial charge in [-0.25, -0.2) is 0 Å². The fourth-order valence-electron chi connectivity index (χ4n) is 2.20. The van der Waals surface area contributed by atoms with Gasteiger partial charge in [-0.15, -0.1) is 0 Å². The highest BCUT2D eigenvalue weighted by atomic mass is 32.1. The van der Waals surface area contributed by atoms with Gasteiger partial charge in [0.1, 0.15) is 11.5 Å². The summed E-state index contributed by atoms with van der Waals surface area (Å²) in [6.45, 7) is 1.36. The molecule has 1 aromatic carbocycles. The smallest absolute Gasteiger partial charge is 0.252 e. The van der Waals surface area contributed by atoms with Crippen molar-refractivity contribution in [1.29, 1.82) is 0 Å². The Kier molecular flexibility index (Phi) is 5.35. The van der Waals surface area contributed by atoms with Crippen LogP contribution in [0.3, 0.4) is 0 Å². The average molecular weight is 321 g/mol. The zero-order valence-corrected chi connectivity index (χ0v) is 13.6. The van der Waals surface area contributed by atoms with E-state index in [0.717, 1.165) is 12.1 Å². The van der Waals surface area contributed by atoms with Gasteiger partial charge in [-0.05, 0) is 31.4 Å². The highest BCUT2D eigenvalue weighted by Gasteiger charge is 2.12. The van der Waals surface area contributed by atoms with Gasteiger partial charge >= 0.3 is 0 Å². The Morgan fingerprint density at radius 1 is 1.27 bits per heavy atom. The van der Waals surface area contributed by atoms with Crippen LogP contribution in [0.15, 0.2) is 29.1 Å². The van der Waals surface area contributed by atoms with Crippen molar-refractivity contribution in [2.45, 2.75) is 6.54 Å². The maximum absolute atomic E-state index is 11.8. The van der Waals surface area contributed by atoms with Crippen molar-refractivity contribution in [3.63, 3.8) is 0 Å². The summed E-state index contributed by atoms with van der Waals surface area (Å²) in [4.78, 5) is 14.5. The van der Waals surface area contributed by atoms with E-state index in [1.807, 2.05) is 23.7 Å². The summed E-state index contributed by atoms with van der Waals surface area (Å²) in [6.07, 6.45) is 0. The van der Waals surface area contributed by atoms with Gasteiger partial charge in [-0.1, -0.05) is 0 Å². The van der Waals surface area contributed by atoms with E-state index in [1.165, 1.54) is 6.07 Å². The number of aromatic amines is 1. The van der Waals surface area contributed by atoms with Crippen LogP contribution in [-0.4, -0.2) is 37.4 Å². The van der Waals surface area contributed by atoms with Crippen molar-refractivity contribution in [2.75, 3.05) is 27.8 Å². The van der Waals surface area contributed by atoms with Crippen LogP contribution in [0, 0.1) is 4.77 Å². The summed E-state index contributed by atoms with van der Waals surface area (Å²) in [6, 6.07) is 6.99. The molecule has 0 amide bonds. The topological polar surface area (TPSA) is 68.3 Å². The molecular weight excluding hydrogens is 302 g/mol. The molecule has 1 heterocycles. The fraction of sp³-hybridized carbons (Fsp3) is 0.333. The molecule has 0 fully saturated rings. The van der Waals surface area contributed by atoms with Gasteiger partial charge in [0.25, 0.3) is 5.56 Å². The van der Waals surface area contributed by atoms with Crippen LogP contribution in [-0.2, 0) is 6.54 Å². The first-order valence-electron chi connectivity index (χ1n) is 6.82. The number of methoxy groups -OCH3 is 2. The quantitative estimate of drug-likeness (QED) is 0.794. The van der Waals surface area contributed by atoms with Crippen molar-refractivity contribution in [2.24, 2.45) is 0 Å². The Morgan fingerprint density at radius 2 is 2.05 bits per heavy atom. The molecule has 0 atom stereocenters. The molecule has 0 unspecified atom stereocenters. The van der Waals surface area contributed by atoms with Crippen LogP contribution in [0.4, 0.5) is 0 Å². The first kappa shape index (κ1) is 16.3. The van der Waals surface area contributed by atoms with Crippen molar-refractivity contribution >= 4 is 12.2 Å². The van der Waals surface area contributed by atoms with E-state index in [-0.39, 0.29) is 5.56 Å². The summed E-state index contributed by atoms with van der Waals surface area (Å²) in [5.74, 6) is 1.31. The molecule has 7 heteroatoms. The van der Waals surface area contributed by atoms with Crippen molar-refractivity contribution in [3.8, 4) is 22.8 Å². The van der Waals surface area contributed by atoms with E-state index < -0.39 is 0 Å². The third kappa shape index (κ3) is 3.37. The number of likely N-dealkylation sites (N-methyl/N-ethyl adjacent to an activating group) is 1. The summed E-state index contributed by atoms with van der Waals surface area (Å²) >= 11 is 5.28. The molecule has 1 aromatic heterocycles. The number of H-pyrrole nitrogens is 1. The number of hydrogen-bond donors (Lipinski definition) is 2. The van der Waals surface area contributed by atoms with Gasteiger partial charge in [-0.3, -0.25) is 9.78 Å². The van der Waals surface area contributed by atoms with Crippen LogP contribution in [0.1, 0.15) is 0 Å². The van der Waals surface area contributed by atoms with Gasteiger partial charge in [0.15, 0.2) is 4.77 Å². The molecule has 22 heavy (non-hydrogen) atoms. The third-order valence-electron chi connectivity index (χ3n) is 3.30. The molecule has 118 valence electrons. The highest BCUT2D eigenvalue weighted by molar-refractivity contribution is 7.71. The number of nitrogens with zero attached hydrogens (tertiary/aromatic N) is 1. The zero-order chi connectivity index (χ0) is 16.1. The molecule has 0 saturated heterocycles. The second-order valence-electron chi connectivity index (χ2n) is 4.65. The van der Waals surface area contributed by atoms with Crippen LogP contribution in [0.5, 0.6) is 11.5 Å². The van der Waals surface area contributed by atoms with E-state index in [0.29, 0.717) is 28.5 Å². The molecule has 0 spiro atoms. The lowest BCUT2D eigenvalue weighted by Crippen LogP contribution is -2.21. The second kappa shape index (κ2) is 7.24. The number of ether oxygens (including phenoxy) is 2. The molecule has 0 radical (unpaired) electrons. The molecule has 2 aromatic rings. The first-order valence-corrected chi connectivity index (χ1v) is 7.22. The van der Waals surface area contributed by atoms with Crippen molar-refractivity contribution in [3.05, 3.63) is 39.4 Å². The van der Waals surface area contributed by atoms with Crippen LogP contribution in [0.2, 0.25) is 0 Å². The molecule has 0 saturated carbocycles. The molecule has 2 rings (SSSR count). The van der Waals surface area contributed by atoms with E-state index in [9.17, 15) is 4.79 Å². The summed E-state index contributed by atoms with van der Waals surface area (Å²) in [5, 5.41) is 3.07. The molecule has 0 bridgehead atoms. The minimum Gasteiger partial charge on any atom is -0.497 e. The maximum atomic E-state index is 11.8. The predicted molar refractivity (Wildman–Crippen MR) is 88.4 cm³/mol. The SMILES string of the molecule is CNCCn1c(-c2ccc(OC)cc2OC)cc(=O)[nH]c1=S. The zero-order valence-electron chi connectivity index (χ0n) is 12.8. The van der Waals surface area contributed by atoms with E-state index in [4.69, 9.17) is 21.7 Å². The lowest BCUT2D eigenvalue weighted by atomic mass is 10.1. The molecule has 0 aliphatic carbocycles.